The van der Waals surface area contributed by atoms with Gasteiger partial charge in [-0.2, -0.15) is 0 Å². The van der Waals surface area contributed by atoms with E-state index in [0.29, 0.717) is 23.4 Å². The van der Waals surface area contributed by atoms with Crippen LogP contribution >= 0.6 is 11.6 Å². The van der Waals surface area contributed by atoms with E-state index in [1.165, 1.54) is 0 Å². The maximum atomic E-state index is 12.0. The summed E-state index contributed by atoms with van der Waals surface area (Å²) in [5.41, 5.74) is 0.00686. The van der Waals surface area contributed by atoms with Crippen LogP contribution in [0.25, 0.3) is 0 Å². The van der Waals surface area contributed by atoms with Gasteiger partial charge in [0, 0.05) is 10.6 Å². The molecule has 0 heterocycles. The zero-order valence-corrected chi connectivity index (χ0v) is 10.8. The second-order valence-corrected chi connectivity index (χ2v) is 4.33. The minimum Gasteiger partial charge on any atom is -0.336 e. The normalized spacial score (nSPS) is 10.7. The molecule has 0 fully saturated rings. The molecule has 0 saturated carbocycles. The van der Waals surface area contributed by atoms with Gasteiger partial charge in [-0.05, 0) is 37.1 Å². The summed E-state index contributed by atoms with van der Waals surface area (Å²) < 4.78 is 0. The third-order valence-corrected chi connectivity index (χ3v) is 3.19. The summed E-state index contributed by atoms with van der Waals surface area (Å²) in [7, 11) is 0. The molecule has 0 bridgehead atoms. The Bertz CT molecular complexity index is 427. The highest BCUT2D eigenvalue weighted by molar-refractivity contribution is 6.30. The molecule has 17 heavy (non-hydrogen) atoms. The smallest absolute Gasteiger partial charge is 0.252 e. The summed E-state index contributed by atoms with van der Waals surface area (Å²) in [5.74, 6) is 2.51. The Hall–Kier alpha value is -1.46. The summed E-state index contributed by atoms with van der Waals surface area (Å²) in [4.78, 5) is 12.0. The van der Waals surface area contributed by atoms with E-state index in [-0.39, 0.29) is 5.91 Å². The third-order valence-electron chi connectivity index (χ3n) is 2.94. The van der Waals surface area contributed by atoms with Gasteiger partial charge in [0.05, 0.1) is 0 Å². The first-order valence-corrected chi connectivity index (χ1v) is 6.00. The van der Waals surface area contributed by atoms with Crippen LogP contribution in [-0.4, -0.2) is 11.4 Å². The molecule has 3 heteroatoms. The van der Waals surface area contributed by atoms with E-state index in [9.17, 15) is 4.79 Å². The van der Waals surface area contributed by atoms with E-state index < -0.39 is 5.54 Å². The predicted molar refractivity (Wildman–Crippen MR) is 71.1 cm³/mol. The first kappa shape index (κ1) is 13.6. The quantitative estimate of drug-likeness (QED) is 0.816. The number of carbonyl (C=O) groups excluding carboxylic acids is 1. The lowest BCUT2D eigenvalue weighted by Crippen LogP contribution is -2.46. The fourth-order valence-electron chi connectivity index (χ4n) is 1.56. The van der Waals surface area contributed by atoms with Gasteiger partial charge in [0.25, 0.3) is 5.91 Å². The molecule has 1 aromatic rings. The second kappa shape index (κ2) is 5.75. The largest absolute Gasteiger partial charge is 0.336 e. The fourth-order valence-corrected chi connectivity index (χ4v) is 1.68. The highest BCUT2D eigenvalue weighted by Crippen LogP contribution is 2.16. The number of rotatable bonds is 4. The van der Waals surface area contributed by atoms with Gasteiger partial charge < -0.3 is 5.32 Å². The highest BCUT2D eigenvalue weighted by atomic mass is 35.5. The van der Waals surface area contributed by atoms with E-state index in [2.05, 4.69) is 11.2 Å². The van der Waals surface area contributed by atoms with Crippen LogP contribution in [0.15, 0.2) is 24.3 Å². The Morgan fingerprint density at radius 3 is 2.29 bits per heavy atom. The number of terminal acetylenes is 1. The van der Waals surface area contributed by atoms with Crippen molar-refractivity contribution in [1.29, 1.82) is 0 Å². The lowest BCUT2D eigenvalue weighted by molar-refractivity contribution is 0.0916. The minimum atomic E-state index is -0.559. The Morgan fingerprint density at radius 2 is 1.88 bits per heavy atom. The molecule has 0 saturated heterocycles. The molecular formula is C14H16ClNO. The summed E-state index contributed by atoms with van der Waals surface area (Å²) >= 11 is 5.77. The van der Waals surface area contributed by atoms with Crippen molar-refractivity contribution in [2.75, 3.05) is 0 Å². The summed E-state index contributed by atoms with van der Waals surface area (Å²) in [6, 6.07) is 6.74. The maximum absolute atomic E-state index is 12.0. The molecule has 0 aliphatic rings. The lowest BCUT2D eigenvalue weighted by atomic mass is 9.93. The standard InChI is InChI=1S/C14H16ClNO/c1-4-14(5-2,6-3)16-13(17)11-7-9-12(15)10-8-11/h1,7-10H,5-6H2,2-3H3,(H,16,17). The Labute approximate surface area is 107 Å². The number of amides is 1. The maximum Gasteiger partial charge on any atom is 0.252 e. The monoisotopic (exact) mass is 249 g/mol. The summed E-state index contributed by atoms with van der Waals surface area (Å²) in [5, 5.41) is 3.50. The highest BCUT2D eigenvalue weighted by Gasteiger charge is 2.25. The van der Waals surface area contributed by atoms with E-state index in [4.69, 9.17) is 18.0 Å². The molecule has 1 aromatic carbocycles. The summed E-state index contributed by atoms with van der Waals surface area (Å²) in [6.07, 6.45) is 6.91. The van der Waals surface area contributed by atoms with E-state index in [0.717, 1.165) is 0 Å². The SMILES string of the molecule is C#CC(CC)(CC)NC(=O)c1ccc(Cl)cc1. The molecule has 1 amide bonds. The Kier molecular flexibility index (Phi) is 4.60. The van der Waals surface area contributed by atoms with Gasteiger partial charge in [0.2, 0.25) is 0 Å². The number of hydrogen-bond acceptors (Lipinski definition) is 1. The number of nitrogens with one attached hydrogen (secondary N) is 1. The predicted octanol–water partition coefficient (Wildman–Crippen LogP) is 3.26. The summed E-state index contributed by atoms with van der Waals surface area (Å²) in [6.45, 7) is 3.93. The molecule has 0 atom stereocenters. The molecule has 0 aliphatic heterocycles. The molecule has 0 aromatic heterocycles. The van der Waals surface area contributed by atoms with Crippen LogP contribution < -0.4 is 5.32 Å². The molecule has 1 rings (SSSR count). The van der Waals surface area contributed by atoms with Gasteiger partial charge in [0.1, 0.15) is 5.54 Å². The number of hydrogen-bond donors (Lipinski definition) is 1. The Balaban J connectivity index is 2.85. The first-order chi connectivity index (χ1) is 8.06. The number of benzene rings is 1. The van der Waals surface area contributed by atoms with E-state index in [1.54, 1.807) is 24.3 Å². The molecule has 0 radical (unpaired) electrons. The molecule has 2 nitrogen and oxygen atoms in total. The van der Waals surface area contributed by atoms with Crippen molar-refractivity contribution >= 4 is 17.5 Å². The first-order valence-electron chi connectivity index (χ1n) is 5.62. The van der Waals surface area contributed by atoms with Crippen molar-refractivity contribution in [3.63, 3.8) is 0 Å². The second-order valence-electron chi connectivity index (χ2n) is 3.89. The van der Waals surface area contributed by atoms with Crippen LogP contribution in [0.4, 0.5) is 0 Å². The van der Waals surface area contributed by atoms with Gasteiger partial charge in [-0.1, -0.05) is 31.4 Å². The zero-order valence-electron chi connectivity index (χ0n) is 10.1. The molecule has 90 valence electrons. The van der Waals surface area contributed by atoms with E-state index in [1.807, 2.05) is 13.8 Å². The average Bonchev–Trinajstić information content (AvgIpc) is 2.37. The number of carbonyl (C=O) groups is 1. The molecule has 1 N–H and O–H groups in total. The van der Waals surface area contributed by atoms with Crippen molar-refractivity contribution in [3.8, 4) is 12.3 Å². The fraction of sp³-hybridized carbons (Fsp3) is 0.357. The van der Waals surface area contributed by atoms with Crippen LogP contribution in [0.5, 0.6) is 0 Å². The van der Waals surface area contributed by atoms with Crippen molar-refractivity contribution in [1.82, 2.24) is 5.32 Å². The van der Waals surface area contributed by atoms with Crippen LogP contribution in [0, 0.1) is 12.3 Å². The minimum absolute atomic E-state index is 0.164. The molecule has 0 spiro atoms. The van der Waals surface area contributed by atoms with Crippen molar-refractivity contribution < 1.29 is 4.79 Å². The van der Waals surface area contributed by atoms with Crippen molar-refractivity contribution in [3.05, 3.63) is 34.9 Å². The molecular weight excluding hydrogens is 234 g/mol. The van der Waals surface area contributed by atoms with Gasteiger partial charge in [-0.15, -0.1) is 6.42 Å². The van der Waals surface area contributed by atoms with Gasteiger partial charge >= 0.3 is 0 Å². The average molecular weight is 250 g/mol. The van der Waals surface area contributed by atoms with Crippen molar-refractivity contribution in [2.24, 2.45) is 0 Å². The molecule has 0 aliphatic carbocycles. The van der Waals surface area contributed by atoms with Crippen LogP contribution in [0.3, 0.4) is 0 Å². The van der Waals surface area contributed by atoms with Gasteiger partial charge in [-0.25, -0.2) is 0 Å². The lowest BCUT2D eigenvalue weighted by Gasteiger charge is -2.27. The molecule has 0 unspecified atom stereocenters. The third kappa shape index (κ3) is 3.25. The van der Waals surface area contributed by atoms with Crippen molar-refractivity contribution in [2.45, 2.75) is 32.2 Å². The number of halogens is 1. The van der Waals surface area contributed by atoms with Gasteiger partial charge in [-0.3, -0.25) is 4.79 Å². The van der Waals surface area contributed by atoms with Crippen LogP contribution in [0.1, 0.15) is 37.0 Å². The Morgan fingerprint density at radius 1 is 1.35 bits per heavy atom. The zero-order chi connectivity index (χ0) is 12.9. The van der Waals surface area contributed by atoms with Gasteiger partial charge in [0.15, 0.2) is 0 Å². The van der Waals surface area contributed by atoms with E-state index >= 15 is 0 Å². The topological polar surface area (TPSA) is 29.1 Å². The van der Waals surface area contributed by atoms with Crippen LogP contribution in [-0.2, 0) is 0 Å². The van der Waals surface area contributed by atoms with Crippen LogP contribution in [0.2, 0.25) is 5.02 Å².